The van der Waals surface area contributed by atoms with E-state index in [0.29, 0.717) is 0 Å². The van der Waals surface area contributed by atoms with Crippen LogP contribution in [0.25, 0.3) is 11.6 Å². The average Bonchev–Trinajstić information content (AvgIpc) is 2.78. The fourth-order valence-electron chi connectivity index (χ4n) is 2.85. The SMILES string of the molecule is O=C1NC2C(=Cc3ccccc32)c2ccccc21. The minimum atomic E-state index is 0.0172. The van der Waals surface area contributed by atoms with Gasteiger partial charge in [-0.1, -0.05) is 42.5 Å². The number of carbonyl (C=O) groups is 1. The molecular weight excluding hydrogens is 222 g/mol. The van der Waals surface area contributed by atoms with Gasteiger partial charge in [-0.3, -0.25) is 4.79 Å². The molecule has 2 nitrogen and oxygen atoms in total. The summed E-state index contributed by atoms with van der Waals surface area (Å²) in [5.41, 5.74) is 5.42. The van der Waals surface area contributed by atoms with Crippen molar-refractivity contribution in [2.75, 3.05) is 0 Å². The summed E-state index contributed by atoms with van der Waals surface area (Å²) in [6.45, 7) is 0. The van der Waals surface area contributed by atoms with E-state index in [-0.39, 0.29) is 11.9 Å². The van der Waals surface area contributed by atoms with Crippen LogP contribution in [0.15, 0.2) is 48.5 Å². The monoisotopic (exact) mass is 233 g/mol. The minimum Gasteiger partial charge on any atom is -0.341 e. The fraction of sp³-hybridized carbons (Fsp3) is 0.0625. The fourth-order valence-corrected chi connectivity index (χ4v) is 2.85. The third-order valence-corrected chi connectivity index (χ3v) is 3.69. The molecule has 2 heteroatoms. The maximum Gasteiger partial charge on any atom is 0.252 e. The molecule has 0 aromatic heterocycles. The zero-order valence-corrected chi connectivity index (χ0v) is 9.68. The van der Waals surface area contributed by atoms with Crippen LogP contribution in [0, 0.1) is 0 Å². The van der Waals surface area contributed by atoms with Crippen LogP contribution in [0.3, 0.4) is 0 Å². The van der Waals surface area contributed by atoms with E-state index >= 15 is 0 Å². The largest absolute Gasteiger partial charge is 0.341 e. The van der Waals surface area contributed by atoms with Crippen molar-refractivity contribution in [3.05, 3.63) is 70.8 Å². The second kappa shape index (κ2) is 3.33. The number of nitrogens with one attached hydrogen (secondary N) is 1. The van der Waals surface area contributed by atoms with Gasteiger partial charge in [0, 0.05) is 5.56 Å². The second-order valence-corrected chi connectivity index (χ2v) is 4.68. The number of benzene rings is 2. The lowest BCUT2D eigenvalue weighted by Crippen LogP contribution is -2.33. The van der Waals surface area contributed by atoms with Crippen molar-refractivity contribution in [2.24, 2.45) is 0 Å². The highest BCUT2D eigenvalue weighted by molar-refractivity contribution is 6.08. The zero-order valence-electron chi connectivity index (χ0n) is 9.68. The first-order chi connectivity index (χ1) is 8.84. The molecule has 2 aliphatic rings. The van der Waals surface area contributed by atoms with Crippen molar-refractivity contribution in [3.8, 4) is 0 Å². The van der Waals surface area contributed by atoms with Gasteiger partial charge in [-0.15, -0.1) is 0 Å². The summed E-state index contributed by atoms with van der Waals surface area (Å²) in [6.07, 6.45) is 2.18. The first kappa shape index (κ1) is 9.66. The van der Waals surface area contributed by atoms with Crippen molar-refractivity contribution >= 4 is 17.6 Å². The number of amides is 1. The number of hydrogen-bond acceptors (Lipinski definition) is 1. The summed E-state index contributed by atoms with van der Waals surface area (Å²) in [6, 6.07) is 16.0. The van der Waals surface area contributed by atoms with E-state index in [9.17, 15) is 4.79 Å². The average molecular weight is 233 g/mol. The van der Waals surface area contributed by atoms with Crippen LogP contribution < -0.4 is 5.32 Å². The molecule has 1 aliphatic carbocycles. The van der Waals surface area contributed by atoms with Crippen LogP contribution in [0.4, 0.5) is 0 Å². The van der Waals surface area contributed by atoms with E-state index in [0.717, 1.165) is 11.1 Å². The molecule has 0 fully saturated rings. The molecule has 86 valence electrons. The Bertz CT molecular complexity index is 700. The summed E-state index contributed by atoms with van der Waals surface area (Å²) >= 11 is 0. The van der Waals surface area contributed by atoms with E-state index in [1.807, 2.05) is 36.4 Å². The molecule has 2 aromatic rings. The van der Waals surface area contributed by atoms with Crippen molar-refractivity contribution < 1.29 is 4.79 Å². The third kappa shape index (κ3) is 1.15. The van der Waals surface area contributed by atoms with Crippen LogP contribution in [0.2, 0.25) is 0 Å². The van der Waals surface area contributed by atoms with Crippen molar-refractivity contribution in [2.45, 2.75) is 6.04 Å². The Morgan fingerprint density at radius 2 is 1.61 bits per heavy atom. The Balaban J connectivity index is 1.98. The van der Waals surface area contributed by atoms with Gasteiger partial charge in [-0.25, -0.2) is 0 Å². The van der Waals surface area contributed by atoms with E-state index in [2.05, 4.69) is 23.5 Å². The number of carbonyl (C=O) groups excluding carboxylic acids is 1. The Morgan fingerprint density at radius 3 is 2.50 bits per heavy atom. The summed E-state index contributed by atoms with van der Waals surface area (Å²) in [5, 5.41) is 3.08. The maximum atomic E-state index is 12.1. The molecule has 2 aromatic carbocycles. The standard InChI is InChI=1S/C16H11NO/c18-16-13-8-4-3-7-12(13)14-9-10-5-1-2-6-11(10)15(14)17-16/h1-9,15H,(H,17,18). The second-order valence-electron chi connectivity index (χ2n) is 4.68. The topological polar surface area (TPSA) is 29.1 Å². The normalized spacial score (nSPS) is 19.4. The number of fused-ring (bicyclic) bond motifs is 5. The first-order valence-electron chi connectivity index (χ1n) is 6.05. The van der Waals surface area contributed by atoms with Crippen LogP contribution in [0.1, 0.15) is 33.1 Å². The molecule has 0 bridgehead atoms. The Morgan fingerprint density at radius 1 is 0.889 bits per heavy atom. The highest BCUT2D eigenvalue weighted by Crippen LogP contribution is 2.43. The zero-order chi connectivity index (χ0) is 12.1. The highest BCUT2D eigenvalue weighted by Gasteiger charge is 2.33. The molecule has 0 saturated heterocycles. The van der Waals surface area contributed by atoms with E-state index in [1.54, 1.807) is 0 Å². The summed E-state index contributed by atoms with van der Waals surface area (Å²) in [7, 11) is 0. The van der Waals surface area contributed by atoms with Crippen LogP contribution in [-0.2, 0) is 0 Å². The van der Waals surface area contributed by atoms with Gasteiger partial charge < -0.3 is 5.32 Å². The molecule has 1 aliphatic heterocycles. The van der Waals surface area contributed by atoms with Crippen molar-refractivity contribution in [1.82, 2.24) is 5.32 Å². The lowest BCUT2D eigenvalue weighted by atomic mass is 9.90. The molecule has 1 N–H and O–H groups in total. The molecule has 1 amide bonds. The van der Waals surface area contributed by atoms with Crippen molar-refractivity contribution in [3.63, 3.8) is 0 Å². The first-order valence-corrected chi connectivity index (χ1v) is 6.05. The maximum absolute atomic E-state index is 12.1. The van der Waals surface area contributed by atoms with Gasteiger partial charge in [0.2, 0.25) is 0 Å². The molecule has 0 spiro atoms. The molecule has 1 unspecified atom stereocenters. The molecule has 1 atom stereocenters. The number of hydrogen-bond donors (Lipinski definition) is 1. The molecule has 0 saturated carbocycles. The molecule has 1 heterocycles. The highest BCUT2D eigenvalue weighted by atomic mass is 16.1. The van der Waals surface area contributed by atoms with Gasteiger partial charge in [0.25, 0.3) is 5.91 Å². The van der Waals surface area contributed by atoms with Gasteiger partial charge in [0.05, 0.1) is 6.04 Å². The third-order valence-electron chi connectivity index (χ3n) is 3.69. The quantitative estimate of drug-likeness (QED) is 0.744. The Hall–Kier alpha value is -2.35. The van der Waals surface area contributed by atoms with Gasteiger partial charge in [0.1, 0.15) is 0 Å². The van der Waals surface area contributed by atoms with Gasteiger partial charge in [-0.05, 0) is 34.4 Å². The van der Waals surface area contributed by atoms with Gasteiger partial charge >= 0.3 is 0 Å². The summed E-state index contributed by atoms with van der Waals surface area (Å²) in [5.74, 6) is 0.0180. The predicted octanol–water partition coefficient (Wildman–Crippen LogP) is 3.03. The number of rotatable bonds is 0. The summed E-state index contributed by atoms with van der Waals surface area (Å²) < 4.78 is 0. The van der Waals surface area contributed by atoms with Crippen LogP contribution in [0.5, 0.6) is 0 Å². The van der Waals surface area contributed by atoms with E-state index in [4.69, 9.17) is 0 Å². The van der Waals surface area contributed by atoms with Crippen LogP contribution >= 0.6 is 0 Å². The lowest BCUT2D eigenvalue weighted by Gasteiger charge is -2.25. The Labute approximate surface area is 105 Å². The van der Waals surface area contributed by atoms with Crippen LogP contribution in [-0.4, -0.2) is 5.91 Å². The molecular formula is C16H11NO. The Kier molecular flexibility index (Phi) is 1.78. The van der Waals surface area contributed by atoms with E-state index in [1.165, 1.54) is 16.7 Å². The molecule has 18 heavy (non-hydrogen) atoms. The minimum absolute atomic E-state index is 0.0172. The lowest BCUT2D eigenvalue weighted by molar-refractivity contribution is 0.0941. The predicted molar refractivity (Wildman–Crippen MR) is 71.0 cm³/mol. The molecule has 0 radical (unpaired) electrons. The van der Waals surface area contributed by atoms with Crippen molar-refractivity contribution in [1.29, 1.82) is 0 Å². The smallest absolute Gasteiger partial charge is 0.252 e. The summed E-state index contributed by atoms with van der Waals surface area (Å²) in [4.78, 5) is 12.1. The van der Waals surface area contributed by atoms with Gasteiger partial charge in [0.15, 0.2) is 0 Å². The van der Waals surface area contributed by atoms with E-state index < -0.39 is 0 Å². The molecule has 4 rings (SSSR count). The van der Waals surface area contributed by atoms with Gasteiger partial charge in [-0.2, -0.15) is 0 Å².